The normalized spacial score (nSPS) is 14.5. The number of benzene rings is 1. The molecule has 0 N–H and O–H groups in total. The zero-order valence-electron chi connectivity index (χ0n) is 11.7. The molecule has 0 aliphatic rings. The van der Waals surface area contributed by atoms with Crippen molar-refractivity contribution in [1.82, 2.24) is 0 Å². The van der Waals surface area contributed by atoms with Crippen LogP contribution in [0.1, 0.15) is 32.8 Å². The van der Waals surface area contributed by atoms with E-state index in [4.69, 9.17) is 16.3 Å². The maximum absolute atomic E-state index is 11.4. The maximum Gasteiger partial charge on any atom is 0.184 e. The predicted octanol–water partition coefficient (Wildman–Crippen LogP) is 3.71. The molecule has 102 valence electrons. The number of methoxy groups -OCH3 is 1. The van der Waals surface area contributed by atoms with Crippen LogP contribution in [0.15, 0.2) is 24.3 Å². The maximum atomic E-state index is 11.4. The Balaban J connectivity index is 3.36. The molecular weight excluding hydrogens is 262 g/mol. The molecule has 1 atom stereocenters. The molecule has 1 aromatic carbocycles. The molecule has 4 heteroatoms. The number of nitriles is 1. The lowest BCUT2D eigenvalue weighted by Gasteiger charge is -2.40. The van der Waals surface area contributed by atoms with Gasteiger partial charge in [0.25, 0.3) is 0 Å². The number of rotatable bonds is 5. The first kappa shape index (κ1) is 15.7. The van der Waals surface area contributed by atoms with Crippen molar-refractivity contribution in [2.45, 2.75) is 32.8 Å². The summed E-state index contributed by atoms with van der Waals surface area (Å²) in [5.41, 5.74) is -1.12. The van der Waals surface area contributed by atoms with E-state index in [0.717, 1.165) is 0 Å². The van der Waals surface area contributed by atoms with Gasteiger partial charge in [0.05, 0.1) is 0 Å². The van der Waals surface area contributed by atoms with Gasteiger partial charge in [-0.3, -0.25) is 0 Å². The number of carbonyl (C=O) groups excluding carboxylic acids is 1. The van der Waals surface area contributed by atoms with Crippen LogP contribution in [0, 0.1) is 16.7 Å². The molecule has 19 heavy (non-hydrogen) atoms. The van der Waals surface area contributed by atoms with E-state index < -0.39 is 11.0 Å². The van der Waals surface area contributed by atoms with Crippen LogP contribution in [0.5, 0.6) is 0 Å². The summed E-state index contributed by atoms with van der Waals surface area (Å²) >= 11 is 5.87. The second-order valence-electron chi connectivity index (χ2n) is 5.27. The lowest BCUT2D eigenvalue weighted by Crippen LogP contribution is -2.43. The minimum atomic E-state index is -1.18. The molecule has 1 unspecified atom stereocenters. The first-order chi connectivity index (χ1) is 8.79. The highest BCUT2D eigenvalue weighted by atomic mass is 35.5. The SMILES string of the molecule is COC(C#N)(c1ccc(Cl)cc1)C(C)(C)CC(C)=O. The van der Waals surface area contributed by atoms with Crippen LogP contribution in [-0.4, -0.2) is 12.9 Å². The van der Waals surface area contributed by atoms with E-state index in [1.807, 2.05) is 13.8 Å². The molecule has 1 aromatic rings. The van der Waals surface area contributed by atoms with Gasteiger partial charge in [-0.25, -0.2) is 0 Å². The third kappa shape index (κ3) is 2.97. The van der Waals surface area contributed by atoms with Crippen molar-refractivity contribution in [1.29, 1.82) is 5.26 Å². The number of hydrogen-bond acceptors (Lipinski definition) is 3. The van der Waals surface area contributed by atoms with Crippen molar-refractivity contribution in [3.63, 3.8) is 0 Å². The van der Waals surface area contributed by atoms with Crippen LogP contribution in [0.3, 0.4) is 0 Å². The van der Waals surface area contributed by atoms with E-state index in [-0.39, 0.29) is 12.2 Å². The molecule has 0 saturated heterocycles. The smallest absolute Gasteiger partial charge is 0.184 e. The molecule has 0 amide bonds. The topological polar surface area (TPSA) is 50.1 Å². The molecule has 0 bridgehead atoms. The van der Waals surface area contributed by atoms with Crippen LogP contribution < -0.4 is 0 Å². The van der Waals surface area contributed by atoms with Gasteiger partial charge in [0.1, 0.15) is 11.9 Å². The van der Waals surface area contributed by atoms with Crippen molar-refractivity contribution in [3.8, 4) is 6.07 Å². The molecule has 0 heterocycles. The van der Waals surface area contributed by atoms with Gasteiger partial charge in [-0.1, -0.05) is 37.6 Å². The van der Waals surface area contributed by atoms with Crippen molar-refractivity contribution in [2.24, 2.45) is 5.41 Å². The van der Waals surface area contributed by atoms with Crippen LogP contribution in [-0.2, 0) is 15.1 Å². The van der Waals surface area contributed by atoms with E-state index in [9.17, 15) is 10.1 Å². The molecule has 0 radical (unpaired) electrons. The number of nitrogens with zero attached hydrogens (tertiary/aromatic N) is 1. The molecule has 0 aromatic heterocycles. The number of halogens is 1. The Morgan fingerprint density at radius 2 is 1.89 bits per heavy atom. The van der Waals surface area contributed by atoms with Gasteiger partial charge >= 0.3 is 0 Å². The fourth-order valence-corrected chi connectivity index (χ4v) is 2.60. The number of ketones is 1. The average molecular weight is 280 g/mol. The largest absolute Gasteiger partial charge is 0.359 e. The van der Waals surface area contributed by atoms with Gasteiger partial charge in [-0.15, -0.1) is 0 Å². The molecule has 0 fully saturated rings. The Bertz CT molecular complexity index is 502. The minimum absolute atomic E-state index is 0.0237. The minimum Gasteiger partial charge on any atom is -0.359 e. The predicted molar refractivity (Wildman–Crippen MR) is 74.8 cm³/mol. The van der Waals surface area contributed by atoms with Gasteiger partial charge < -0.3 is 9.53 Å². The van der Waals surface area contributed by atoms with Crippen molar-refractivity contribution >= 4 is 17.4 Å². The van der Waals surface area contributed by atoms with E-state index in [2.05, 4.69) is 6.07 Å². The third-order valence-electron chi connectivity index (χ3n) is 3.36. The van der Waals surface area contributed by atoms with Gasteiger partial charge in [-0.2, -0.15) is 5.26 Å². The molecule has 0 aliphatic carbocycles. The second kappa shape index (κ2) is 5.73. The summed E-state index contributed by atoms with van der Waals surface area (Å²) in [6.45, 7) is 5.23. The number of Topliss-reactive ketones (excluding diaryl/α,β-unsaturated/α-hetero) is 1. The number of hydrogen-bond donors (Lipinski definition) is 0. The zero-order valence-corrected chi connectivity index (χ0v) is 12.4. The highest BCUT2D eigenvalue weighted by Gasteiger charge is 2.48. The van der Waals surface area contributed by atoms with E-state index in [0.29, 0.717) is 10.6 Å². The molecule has 0 saturated carbocycles. The molecular formula is C15H18ClNO2. The van der Waals surface area contributed by atoms with Crippen LogP contribution in [0.25, 0.3) is 0 Å². The fourth-order valence-electron chi connectivity index (χ4n) is 2.48. The second-order valence-corrected chi connectivity index (χ2v) is 5.70. The van der Waals surface area contributed by atoms with Crippen molar-refractivity contribution in [2.75, 3.05) is 7.11 Å². The highest BCUT2D eigenvalue weighted by Crippen LogP contribution is 2.44. The summed E-state index contributed by atoms with van der Waals surface area (Å²) in [5, 5.41) is 10.2. The number of carbonyl (C=O) groups is 1. The Morgan fingerprint density at radius 3 is 2.26 bits per heavy atom. The van der Waals surface area contributed by atoms with E-state index in [1.54, 1.807) is 24.3 Å². The highest BCUT2D eigenvalue weighted by molar-refractivity contribution is 6.30. The van der Waals surface area contributed by atoms with E-state index in [1.165, 1.54) is 14.0 Å². The Hall–Kier alpha value is -1.37. The van der Waals surface area contributed by atoms with Gasteiger partial charge in [0.15, 0.2) is 5.60 Å². The van der Waals surface area contributed by atoms with Crippen molar-refractivity contribution in [3.05, 3.63) is 34.9 Å². The summed E-state index contributed by atoms with van der Waals surface area (Å²) in [6, 6.07) is 9.18. The Labute approximate surface area is 119 Å². The molecule has 0 spiro atoms. The van der Waals surface area contributed by atoms with Gasteiger partial charge in [0, 0.05) is 24.0 Å². The third-order valence-corrected chi connectivity index (χ3v) is 3.61. The summed E-state index contributed by atoms with van der Waals surface area (Å²) in [5.74, 6) is 0.0237. The molecule has 1 rings (SSSR count). The van der Waals surface area contributed by atoms with Crippen LogP contribution in [0.2, 0.25) is 5.02 Å². The Morgan fingerprint density at radius 1 is 1.37 bits per heavy atom. The van der Waals surface area contributed by atoms with Crippen molar-refractivity contribution < 1.29 is 9.53 Å². The quantitative estimate of drug-likeness (QED) is 0.825. The lowest BCUT2D eigenvalue weighted by molar-refractivity contribution is -0.125. The molecule has 0 aliphatic heterocycles. The summed E-state index contributed by atoms with van der Waals surface area (Å²) in [4.78, 5) is 11.4. The standard InChI is InChI=1S/C15H18ClNO2/c1-11(18)9-14(2,3)15(10-17,19-4)12-5-7-13(16)8-6-12/h5-8H,9H2,1-4H3. The van der Waals surface area contributed by atoms with Gasteiger partial charge in [-0.05, 0) is 24.6 Å². The molecule has 3 nitrogen and oxygen atoms in total. The lowest BCUT2D eigenvalue weighted by atomic mass is 9.69. The van der Waals surface area contributed by atoms with Crippen LogP contribution >= 0.6 is 11.6 Å². The summed E-state index contributed by atoms with van der Waals surface area (Å²) < 4.78 is 5.52. The van der Waals surface area contributed by atoms with E-state index >= 15 is 0 Å². The first-order valence-corrected chi connectivity index (χ1v) is 6.39. The average Bonchev–Trinajstić information content (AvgIpc) is 2.31. The number of ether oxygens (including phenoxy) is 1. The van der Waals surface area contributed by atoms with Gasteiger partial charge in [0.2, 0.25) is 0 Å². The summed E-state index contributed by atoms with van der Waals surface area (Å²) in [6.07, 6.45) is 0.261. The summed E-state index contributed by atoms with van der Waals surface area (Å²) in [7, 11) is 1.49. The first-order valence-electron chi connectivity index (χ1n) is 6.01. The van der Waals surface area contributed by atoms with Crippen LogP contribution in [0.4, 0.5) is 0 Å². The zero-order chi connectivity index (χ0) is 14.7. The fraction of sp³-hybridized carbons (Fsp3) is 0.467. The Kier molecular flexibility index (Phi) is 4.73. The monoisotopic (exact) mass is 279 g/mol.